The summed E-state index contributed by atoms with van der Waals surface area (Å²) in [5, 5.41) is 0. The molecular weight excluding hydrogens is 296 g/mol. The second kappa shape index (κ2) is 18.4. The minimum atomic E-state index is -0.351. The molecule has 0 radical (unpaired) electrons. The van der Waals surface area contributed by atoms with Gasteiger partial charge in [0, 0.05) is 5.92 Å². The molecule has 0 N–H and O–H groups in total. The van der Waals surface area contributed by atoms with Gasteiger partial charge in [-0.1, -0.05) is 90.4 Å². The highest BCUT2D eigenvalue weighted by Gasteiger charge is 2.12. The Morgan fingerprint density at radius 1 is 0.750 bits per heavy atom. The van der Waals surface area contributed by atoms with Gasteiger partial charge in [0.2, 0.25) is 0 Å². The summed E-state index contributed by atoms with van der Waals surface area (Å²) in [5.41, 5.74) is 0. The Balaban J connectivity index is 3.91. The van der Waals surface area contributed by atoms with E-state index >= 15 is 0 Å². The third-order valence-electron chi connectivity index (χ3n) is 4.51. The first kappa shape index (κ1) is 23.0. The number of hydrogen-bond donors (Lipinski definition) is 0. The lowest BCUT2D eigenvalue weighted by Crippen LogP contribution is -2.17. The first-order valence-corrected chi connectivity index (χ1v) is 10.4. The third-order valence-corrected chi connectivity index (χ3v) is 4.51. The SMILES string of the molecule is CC#CC(=O)OC(CCCCCCCC)CCCCCCCCC. The molecule has 0 aliphatic rings. The van der Waals surface area contributed by atoms with E-state index in [1.807, 2.05) is 0 Å². The van der Waals surface area contributed by atoms with Crippen LogP contribution in [0, 0.1) is 11.8 Å². The van der Waals surface area contributed by atoms with Crippen LogP contribution >= 0.6 is 0 Å². The molecule has 0 saturated heterocycles. The molecule has 0 fully saturated rings. The van der Waals surface area contributed by atoms with Crippen LogP contribution in [-0.4, -0.2) is 12.1 Å². The van der Waals surface area contributed by atoms with Crippen molar-refractivity contribution >= 4 is 5.97 Å². The molecule has 0 aromatic carbocycles. The average molecular weight is 337 g/mol. The zero-order valence-corrected chi connectivity index (χ0v) is 16.5. The van der Waals surface area contributed by atoms with Crippen LogP contribution in [0.1, 0.15) is 117 Å². The van der Waals surface area contributed by atoms with Crippen molar-refractivity contribution < 1.29 is 9.53 Å². The quantitative estimate of drug-likeness (QED) is 0.134. The molecule has 0 saturated carbocycles. The fourth-order valence-electron chi connectivity index (χ4n) is 3.03. The van der Waals surface area contributed by atoms with Crippen molar-refractivity contribution in [2.24, 2.45) is 0 Å². The Morgan fingerprint density at radius 3 is 1.58 bits per heavy atom. The molecule has 2 heteroatoms. The summed E-state index contributed by atoms with van der Waals surface area (Å²) in [6, 6.07) is 0. The van der Waals surface area contributed by atoms with E-state index < -0.39 is 0 Å². The molecule has 1 atom stereocenters. The molecule has 0 aromatic heterocycles. The smallest absolute Gasteiger partial charge is 0.384 e. The first-order valence-electron chi connectivity index (χ1n) is 10.4. The van der Waals surface area contributed by atoms with Gasteiger partial charge in [-0.25, -0.2) is 4.79 Å². The van der Waals surface area contributed by atoms with Crippen molar-refractivity contribution in [1.82, 2.24) is 0 Å². The maximum atomic E-state index is 11.6. The van der Waals surface area contributed by atoms with E-state index in [0.717, 1.165) is 19.3 Å². The molecule has 0 aliphatic carbocycles. The molecule has 0 rings (SSSR count). The molecule has 0 aliphatic heterocycles. The van der Waals surface area contributed by atoms with Gasteiger partial charge < -0.3 is 4.74 Å². The summed E-state index contributed by atoms with van der Waals surface area (Å²) in [6.07, 6.45) is 18.8. The maximum Gasteiger partial charge on any atom is 0.384 e. The van der Waals surface area contributed by atoms with E-state index in [4.69, 9.17) is 4.74 Å². The summed E-state index contributed by atoms with van der Waals surface area (Å²) in [5.74, 6) is 4.79. The van der Waals surface area contributed by atoms with Crippen LogP contribution in [0.25, 0.3) is 0 Å². The van der Waals surface area contributed by atoms with Gasteiger partial charge in [0.05, 0.1) is 0 Å². The highest BCUT2D eigenvalue weighted by Crippen LogP contribution is 2.17. The van der Waals surface area contributed by atoms with Crippen molar-refractivity contribution in [3.63, 3.8) is 0 Å². The molecule has 0 bridgehead atoms. The van der Waals surface area contributed by atoms with Crippen molar-refractivity contribution in [3.05, 3.63) is 0 Å². The fourth-order valence-corrected chi connectivity index (χ4v) is 3.03. The maximum absolute atomic E-state index is 11.6. The monoisotopic (exact) mass is 336 g/mol. The molecule has 0 aromatic rings. The molecular formula is C22H40O2. The van der Waals surface area contributed by atoms with E-state index in [2.05, 4.69) is 25.7 Å². The van der Waals surface area contributed by atoms with Crippen molar-refractivity contribution in [2.45, 2.75) is 123 Å². The Bertz CT molecular complexity index is 338. The van der Waals surface area contributed by atoms with Crippen LogP contribution < -0.4 is 0 Å². The summed E-state index contributed by atoms with van der Waals surface area (Å²) in [7, 11) is 0. The van der Waals surface area contributed by atoms with Gasteiger partial charge in [-0.05, 0) is 32.6 Å². The van der Waals surface area contributed by atoms with Gasteiger partial charge in [0.1, 0.15) is 6.10 Å². The number of hydrogen-bond acceptors (Lipinski definition) is 2. The zero-order chi connectivity index (χ0) is 17.9. The van der Waals surface area contributed by atoms with E-state index in [1.165, 1.54) is 77.0 Å². The van der Waals surface area contributed by atoms with Crippen LogP contribution in [0.4, 0.5) is 0 Å². The standard InChI is InChI=1S/C22H40O2/c1-4-7-9-11-13-15-17-20-21(24-22(23)18-6-3)19-16-14-12-10-8-5-2/h21H,4-5,7-17,19-20H2,1-3H3. The van der Waals surface area contributed by atoms with Gasteiger partial charge in [0.25, 0.3) is 0 Å². The number of rotatable bonds is 16. The van der Waals surface area contributed by atoms with Crippen molar-refractivity contribution in [1.29, 1.82) is 0 Å². The number of carbonyl (C=O) groups excluding carboxylic acids is 1. The van der Waals surface area contributed by atoms with Gasteiger partial charge in [-0.3, -0.25) is 0 Å². The number of unbranched alkanes of at least 4 members (excludes halogenated alkanes) is 11. The Labute approximate surface area is 151 Å². The van der Waals surface area contributed by atoms with Crippen molar-refractivity contribution in [3.8, 4) is 11.8 Å². The predicted octanol–water partition coefficient (Wildman–Crippen LogP) is 6.81. The lowest BCUT2D eigenvalue weighted by Gasteiger charge is -2.16. The van der Waals surface area contributed by atoms with Gasteiger partial charge in [-0.2, -0.15) is 0 Å². The van der Waals surface area contributed by atoms with Crippen molar-refractivity contribution in [2.75, 3.05) is 0 Å². The first-order chi connectivity index (χ1) is 11.7. The van der Waals surface area contributed by atoms with E-state index in [9.17, 15) is 4.79 Å². The van der Waals surface area contributed by atoms with E-state index in [1.54, 1.807) is 6.92 Å². The molecule has 24 heavy (non-hydrogen) atoms. The molecule has 0 spiro atoms. The number of ether oxygens (including phenoxy) is 1. The predicted molar refractivity (Wildman–Crippen MR) is 104 cm³/mol. The minimum Gasteiger partial charge on any atom is -0.453 e. The minimum absolute atomic E-state index is 0.0696. The van der Waals surface area contributed by atoms with Crippen LogP contribution in [0.2, 0.25) is 0 Å². The fraction of sp³-hybridized carbons (Fsp3) is 0.864. The zero-order valence-electron chi connectivity index (χ0n) is 16.5. The van der Waals surface area contributed by atoms with Crippen LogP contribution in [0.15, 0.2) is 0 Å². The van der Waals surface area contributed by atoms with Gasteiger partial charge in [0.15, 0.2) is 0 Å². The largest absolute Gasteiger partial charge is 0.453 e. The second-order valence-electron chi connectivity index (χ2n) is 6.87. The summed E-state index contributed by atoms with van der Waals surface area (Å²) < 4.78 is 5.55. The van der Waals surface area contributed by atoms with Crippen LogP contribution in [-0.2, 0) is 9.53 Å². The average Bonchev–Trinajstić information content (AvgIpc) is 2.57. The topological polar surface area (TPSA) is 26.3 Å². The summed E-state index contributed by atoms with van der Waals surface area (Å²) in [4.78, 5) is 11.6. The Hall–Kier alpha value is -0.970. The molecule has 140 valence electrons. The lowest BCUT2D eigenvalue weighted by atomic mass is 10.0. The number of esters is 1. The molecule has 2 nitrogen and oxygen atoms in total. The summed E-state index contributed by atoms with van der Waals surface area (Å²) in [6.45, 7) is 6.17. The van der Waals surface area contributed by atoms with E-state index in [-0.39, 0.29) is 12.1 Å². The lowest BCUT2D eigenvalue weighted by molar-refractivity contribution is -0.142. The molecule has 1 unspecified atom stereocenters. The molecule has 0 heterocycles. The second-order valence-corrected chi connectivity index (χ2v) is 6.87. The van der Waals surface area contributed by atoms with E-state index in [0.29, 0.717) is 0 Å². The highest BCUT2D eigenvalue weighted by atomic mass is 16.5. The summed E-state index contributed by atoms with van der Waals surface area (Å²) >= 11 is 0. The highest BCUT2D eigenvalue weighted by molar-refractivity contribution is 5.88. The van der Waals surface area contributed by atoms with Crippen LogP contribution in [0.3, 0.4) is 0 Å². The van der Waals surface area contributed by atoms with Gasteiger partial charge in [-0.15, -0.1) is 0 Å². The Kier molecular flexibility index (Phi) is 17.6. The normalized spacial score (nSPS) is 11.6. The van der Waals surface area contributed by atoms with Gasteiger partial charge >= 0.3 is 5.97 Å². The third kappa shape index (κ3) is 15.9. The Morgan fingerprint density at radius 2 is 1.17 bits per heavy atom. The molecule has 0 amide bonds. The van der Waals surface area contributed by atoms with Crippen LogP contribution in [0.5, 0.6) is 0 Å². The number of carbonyl (C=O) groups is 1.